The number of nitrogens with zero attached hydrogens (tertiary/aromatic N) is 1. The Labute approximate surface area is 111 Å². The molecule has 1 aromatic rings. The molecule has 0 aliphatic heterocycles. The molecule has 0 saturated heterocycles. The number of hydrogen-bond donors (Lipinski definition) is 1. The SMILES string of the molecule is CCCN(CCC)S(=O)(=O)c1csc(C(=O)O)c1. The van der Waals surface area contributed by atoms with Crippen molar-refractivity contribution in [2.45, 2.75) is 31.6 Å². The highest BCUT2D eigenvalue weighted by Gasteiger charge is 2.25. The summed E-state index contributed by atoms with van der Waals surface area (Å²) in [5.41, 5.74) is 0. The van der Waals surface area contributed by atoms with Crippen LogP contribution in [0, 0.1) is 0 Å². The summed E-state index contributed by atoms with van der Waals surface area (Å²) in [6.07, 6.45) is 1.46. The molecule has 0 aliphatic rings. The van der Waals surface area contributed by atoms with Gasteiger partial charge in [-0.3, -0.25) is 0 Å². The Hall–Kier alpha value is -0.920. The number of carboxylic acids is 1. The molecule has 0 saturated carbocycles. The minimum Gasteiger partial charge on any atom is -0.477 e. The second kappa shape index (κ2) is 6.31. The highest BCUT2D eigenvalue weighted by molar-refractivity contribution is 7.89. The highest BCUT2D eigenvalue weighted by Crippen LogP contribution is 2.23. The average molecular weight is 291 g/mol. The Morgan fingerprint density at radius 2 is 1.89 bits per heavy atom. The molecule has 1 aromatic heterocycles. The summed E-state index contributed by atoms with van der Waals surface area (Å²) >= 11 is 0.933. The minimum absolute atomic E-state index is 0.0431. The zero-order valence-corrected chi connectivity index (χ0v) is 12.1. The number of sulfonamides is 1. The summed E-state index contributed by atoms with van der Waals surface area (Å²) in [4.78, 5) is 10.9. The van der Waals surface area contributed by atoms with Crippen molar-refractivity contribution in [2.24, 2.45) is 0 Å². The molecule has 0 unspecified atom stereocenters. The lowest BCUT2D eigenvalue weighted by Crippen LogP contribution is -2.32. The first-order chi connectivity index (χ1) is 8.43. The lowest BCUT2D eigenvalue weighted by Gasteiger charge is -2.20. The van der Waals surface area contributed by atoms with Crippen molar-refractivity contribution in [3.63, 3.8) is 0 Å². The van der Waals surface area contributed by atoms with Crippen LogP contribution >= 0.6 is 11.3 Å². The van der Waals surface area contributed by atoms with Crippen molar-refractivity contribution >= 4 is 27.3 Å². The van der Waals surface area contributed by atoms with Crippen LogP contribution in [0.5, 0.6) is 0 Å². The van der Waals surface area contributed by atoms with Crippen LogP contribution < -0.4 is 0 Å². The van der Waals surface area contributed by atoms with Crippen molar-refractivity contribution in [2.75, 3.05) is 13.1 Å². The maximum absolute atomic E-state index is 12.3. The van der Waals surface area contributed by atoms with Gasteiger partial charge in [-0.1, -0.05) is 13.8 Å². The number of carboxylic acid groups (broad SMARTS) is 1. The van der Waals surface area contributed by atoms with Crippen LogP contribution in [0.1, 0.15) is 36.4 Å². The molecule has 5 nitrogen and oxygen atoms in total. The maximum Gasteiger partial charge on any atom is 0.345 e. The van der Waals surface area contributed by atoms with Gasteiger partial charge in [-0.15, -0.1) is 11.3 Å². The molecule has 7 heteroatoms. The summed E-state index contributed by atoms with van der Waals surface area (Å²) < 4.78 is 26.0. The normalized spacial score (nSPS) is 11.9. The van der Waals surface area contributed by atoms with Crippen molar-refractivity contribution in [3.8, 4) is 0 Å². The van der Waals surface area contributed by atoms with E-state index in [1.54, 1.807) is 0 Å². The van der Waals surface area contributed by atoms with Gasteiger partial charge in [0.2, 0.25) is 10.0 Å². The van der Waals surface area contributed by atoms with Gasteiger partial charge in [0.1, 0.15) is 4.88 Å². The quantitative estimate of drug-likeness (QED) is 0.836. The Bertz CT molecular complexity index is 501. The van der Waals surface area contributed by atoms with E-state index in [-0.39, 0.29) is 9.77 Å². The van der Waals surface area contributed by atoms with Crippen LogP contribution in [-0.2, 0) is 10.0 Å². The van der Waals surface area contributed by atoms with Gasteiger partial charge in [0.25, 0.3) is 0 Å². The summed E-state index contributed by atoms with van der Waals surface area (Å²) in [6.45, 7) is 4.73. The van der Waals surface area contributed by atoms with Gasteiger partial charge >= 0.3 is 5.97 Å². The van der Waals surface area contributed by atoms with E-state index in [0.717, 1.165) is 24.2 Å². The van der Waals surface area contributed by atoms with Gasteiger partial charge in [-0.25, -0.2) is 13.2 Å². The molecular formula is C11H17NO4S2. The van der Waals surface area contributed by atoms with Gasteiger partial charge in [-0.2, -0.15) is 4.31 Å². The van der Waals surface area contributed by atoms with E-state index in [0.29, 0.717) is 13.1 Å². The molecule has 1 rings (SSSR count). The number of hydrogen-bond acceptors (Lipinski definition) is 4. The fraction of sp³-hybridized carbons (Fsp3) is 0.545. The molecule has 0 aliphatic carbocycles. The third-order valence-corrected chi connectivity index (χ3v) is 5.31. The number of aromatic carboxylic acids is 1. The molecular weight excluding hydrogens is 274 g/mol. The lowest BCUT2D eigenvalue weighted by atomic mass is 10.4. The molecule has 1 heterocycles. The van der Waals surface area contributed by atoms with Crippen LogP contribution in [0.3, 0.4) is 0 Å². The monoisotopic (exact) mass is 291 g/mol. The first-order valence-electron chi connectivity index (χ1n) is 5.75. The predicted octanol–water partition coefficient (Wildman–Crippen LogP) is 2.26. The van der Waals surface area contributed by atoms with Crippen molar-refractivity contribution in [3.05, 3.63) is 16.3 Å². The van der Waals surface area contributed by atoms with Crippen LogP contribution in [-0.4, -0.2) is 36.9 Å². The second-order valence-electron chi connectivity index (χ2n) is 3.86. The number of thiophene rings is 1. The Morgan fingerprint density at radius 3 is 2.28 bits per heavy atom. The highest BCUT2D eigenvalue weighted by atomic mass is 32.2. The molecule has 0 aromatic carbocycles. The van der Waals surface area contributed by atoms with E-state index in [9.17, 15) is 13.2 Å². The Balaban J connectivity index is 3.05. The molecule has 0 amide bonds. The van der Waals surface area contributed by atoms with Crippen LogP contribution in [0.4, 0.5) is 0 Å². The van der Waals surface area contributed by atoms with Crippen LogP contribution in [0.15, 0.2) is 16.3 Å². The van der Waals surface area contributed by atoms with Gasteiger partial charge in [-0.05, 0) is 18.9 Å². The molecule has 0 fully saturated rings. The number of rotatable bonds is 7. The van der Waals surface area contributed by atoms with Crippen LogP contribution in [0.25, 0.3) is 0 Å². The second-order valence-corrected chi connectivity index (χ2v) is 6.71. The third kappa shape index (κ3) is 3.30. The maximum atomic E-state index is 12.3. The smallest absolute Gasteiger partial charge is 0.345 e. The van der Waals surface area contributed by atoms with Gasteiger partial charge in [0.15, 0.2) is 0 Å². The summed E-state index contributed by atoms with van der Waals surface area (Å²) in [5.74, 6) is -1.10. The average Bonchev–Trinajstić information content (AvgIpc) is 2.78. The van der Waals surface area contributed by atoms with E-state index in [4.69, 9.17) is 5.11 Å². The Kier molecular flexibility index (Phi) is 5.30. The molecule has 102 valence electrons. The van der Waals surface area contributed by atoms with Crippen molar-refractivity contribution in [1.82, 2.24) is 4.31 Å². The summed E-state index contributed by atoms with van der Waals surface area (Å²) in [7, 11) is -3.56. The van der Waals surface area contributed by atoms with Gasteiger partial charge < -0.3 is 5.11 Å². The van der Waals surface area contributed by atoms with E-state index in [2.05, 4.69) is 0 Å². The minimum atomic E-state index is -3.56. The summed E-state index contributed by atoms with van der Waals surface area (Å²) in [6, 6.07) is 1.22. The molecule has 0 radical (unpaired) electrons. The zero-order valence-electron chi connectivity index (χ0n) is 10.4. The van der Waals surface area contributed by atoms with Crippen LogP contribution in [0.2, 0.25) is 0 Å². The topological polar surface area (TPSA) is 74.7 Å². The first-order valence-corrected chi connectivity index (χ1v) is 8.07. The largest absolute Gasteiger partial charge is 0.477 e. The molecule has 0 spiro atoms. The van der Waals surface area contributed by atoms with Gasteiger partial charge in [0.05, 0.1) is 4.90 Å². The Morgan fingerprint density at radius 1 is 1.33 bits per heavy atom. The summed E-state index contributed by atoms with van der Waals surface area (Å²) in [5, 5.41) is 10.2. The van der Waals surface area contributed by atoms with Crippen molar-refractivity contribution < 1.29 is 18.3 Å². The third-order valence-electron chi connectivity index (χ3n) is 2.37. The molecule has 0 bridgehead atoms. The number of carbonyl (C=O) groups is 1. The van der Waals surface area contributed by atoms with E-state index in [1.807, 2.05) is 13.8 Å². The fourth-order valence-corrected chi connectivity index (χ4v) is 4.29. The van der Waals surface area contributed by atoms with E-state index in [1.165, 1.54) is 15.8 Å². The first kappa shape index (κ1) is 15.1. The predicted molar refractivity (Wildman–Crippen MR) is 70.6 cm³/mol. The molecule has 1 N–H and O–H groups in total. The van der Waals surface area contributed by atoms with Gasteiger partial charge in [0, 0.05) is 18.5 Å². The molecule has 0 atom stereocenters. The van der Waals surface area contributed by atoms with E-state index < -0.39 is 16.0 Å². The van der Waals surface area contributed by atoms with E-state index >= 15 is 0 Å². The zero-order chi connectivity index (χ0) is 13.8. The fourth-order valence-electron chi connectivity index (χ4n) is 1.57. The lowest BCUT2D eigenvalue weighted by molar-refractivity contribution is 0.0702. The standard InChI is InChI=1S/C11H17NO4S2/c1-3-5-12(6-4-2)18(15,16)9-7-10(11(13)14)17-8-9/h7-8H,3-6H2,1-2H3,(H,13,14). The van der Waals surface area contributed by atoms with Crippen molar-refractivity contribution in [1.29, 1.82) is 0 Å². The molecule has 18 heavy (non-hydrogen) atoms.